The number of aliphatic hydroxyl groups is 1. The number of hydrogen-bond acceptors (Lipinski definition) is 16. The fraction of sp³-hybridized carbons (Fsp3) is 0.524. The summed E-state index contributed by atoms with van der Waals surface area (Å²) >= 11 is 8.10. The number of anilines is 1. The van der Waals surface area contributed by atoms with Gasteiger partial charge in [0.25, 0.3) is 0 Å². The third kappa shape index (κ3) is 5.32. The van der Waals surface area contributed by atoms with Gasteiger partial charge in [0.2, 0.25) is 0 Å². The average molecular weight is 692 g/mol. The summed E-state index contributed by atoms with van der Waals surface area (Å²) in [7, 11) is 0. The molecule has 3 aliphatic heterocycles. The molecule has 7 rings (SSSR count). The molecular formula is C21H24FN9O9P2S2. The zero-order valence-electron chi connectivity index (χ0n) is 22.4. The average Bonchev–Trinajstić information content (AvgIpc) is 3.73. The van der Waals surface area contributed by atoms with Crippen molar-refractivity contribution in [2.24, 2.45) is 0 Å². The highest BCUT2D eigenvalue weighted by Gasteiger charge is 2.54. The maximum Gasteiger partial charge on any atom is 0.386 e. The summed E-state index contributed by atoms with van der Waals surface area (Å²) in [5.74, 6) is 0.0662. The Morgan fingerprint density at radius 2 is 1.41 bits per heavy atom. The molecule has 23 heteroatoms. The van der Waals surface area contributed by atoms with Crippen molar-refractivity contribution in [1.82, 2.24) is 39.0 Å². The molecule has 7 heterocycles. The van der Waals surface area contributed by atoms with Gasteiger partial charge in [0.05, 0.1) is 31.6 Å². The Hall–Kier alpha value is -2.29. The number of alkyl halides is 1. The second-order valence-electron chi connectivity index (χ2n) is 10.1. The minimum atomic E-state index is -4.33. The lowest BCUT2D eigenvalue weighted by molar-refractivity contribution is -0.0555. The predicted octanol–water partition coefficient (Wildman–Crippen LogP) is 1.94. The van der Waals surface area contributed by atoms with Gasteiger partial charge in [-0.05, 0) is 6.92 Å². The lowest BCUT2D eigenvalue weighted by Crippen LogP contribution is -2.37. The molecule has 0 bridgehead atoms. The molecule has 0 amide bonds. The fourth-order valence-electron chi connectivity index (χ4n) is 5.31. The summed E-state index contributed by atoms with van der Waals surface area (Å²) < 4.78 is 79.4. The van der Waals surface area contributed by atoms with Crippen molar-refractivity contribution in [1.29, 1.82) is 0 Å². The first-order valence-corrected chi connectivity index (χ1v) is 18.3. The molecule has 0 spiro atoms. The van der Waals surface area contributed by atoms with E-state index in [4.69, 9.17) is 33.3 Å². The Balaban J connectivity index is 1.17. The number of aliphatic hydroxyl groups excluding tert-OH is 1. The van der Waals surface area contributed by atoms with E-state index in [0.29, 0.717) is 16.9 Å². The number of aryl methyl sites for hydroxylation is 1. The first-order chi connectivity index (χ1) is 20.9. The molecule has 0 radical (unpaired) electrons. The van der Waals surface area contributed by atoms with E-state index < -0.39 is 76.0 Å². The molecular weight excluding hydrogens is 667 g/mol. The number of nitrogens with zero attached hydrogens (tertiary/aromatic N) is 8. The van der Waals surface area contributed by atoms with Crippen molar-refractivity contribution in [2.75, 3.05) is 18.9 Å². The van der Waals surface area contributed by atoms with E-state index in [1.54, 1.807) is 6.92 Å². The summed E-state index contributed by atoms with van der Waals surface area (Å²) in [4.78, 5) is 24.7. The van der Waals surface area contributed by atoms with Gasteiger partial charge in [-0.2, -0.15) is 0 Å². The van der Waals surface area contributed by atoms with Crippen molar-refractivity contribution >= 4 is 66.2 Å². The van der Waals surface area contributed by atoms with Gasteiger partial charge in [-0.15, -0.1) is 0 Å². The fourth-order valence-corrected chi connectivity index (χ4v) is 8.28. The van der Waals surface area contributed by atoms with Gasteiger partial charge in [0.15, 0.2) is 35.7 Å². The van der Waals surface area contributed by atoms with Gasteiger partial charge in [0.1, 0.15) is 54.2 Å². The number of thiol groups is 2. The molecule has 0 saturated carbocycles. The summed E-state index contributed by atoms with van der Waals surface area (Å²) in [6.07, 6.45) is -6.39. The highest BCUT2D eigenvalue weighted by Crippen LogP contribution is 2.60. The van der Waals surface area contributed by atoms with E-state index in [-0.39, 0.29) is 17.0 Å². The van der Waals surface area contributed by atoms with Crippen molar-refractivity contribution in [2.45, 2.75) is 56.1 Å². The van der Waals surface area contributed by atoms with Gasteiger partial charge in [-0.1, -0.05) is 24.5 Å². The molecule has 0 aromatic carbocycles. The number of halogens is 1. The highest BCUT2D eigenvalue weighted by molar-refractivity contribution is 8.44. The molecule has 236 valence electrons. The van der Waals surface area contributed by atoms with E-state index in [0.717, 1.165) is 0 Å². The monoisotopic (exact) mass is 691 g/mol. The maximum absolute atomic E-state index is 16.0. The molecule has 0 aliphatic carbocycles. The van der Waals surface area contributed by atoms with Crippen LogP contribution in [0.2, 0.25) is 0 Å². The van der Waals surface area contributed by atoms with E-state index in [1.165, 1.54) is 34.4 Å². The Bertz CT molecular complexity index is 1710. The van der Waals surface area contributed by atoms with Crippen LogP contribution in [-0.2, 0) is 36.7 Å². The van der Waals surface area contributed by atoms with Crippen LogP contribution >= 0.6 is 38.1 Å². The second kappa shape index (κ2) is 11.2. The van der Waals surface area contributed by atoms with Gasteiger partial charge < -0.3 is 20.3 Å². The molecule has 44 heavy (non-hydrogen) atoms. The molecule has 4 aromatic rings. The van der Waals surface area contributed by atoms with Crippen LogP contribution in [0.15, 0.2) is 25.3 Å². The molecule has 3 aliphatic rings. The van der Waals surface area contributed by atoms with Crippen LogP contribution in [0.5, 0.6) is 0 Å². The van der Waals surface area contributed by atoms with Gasteiger partial charge in [-0.25, -0.2) is 43.4 Å². The lowest BCUT2D eigenvalue weighted by atomic mass is 10.1. The molecule has 18 nitrogen and oxygen atoms in total. The number of rotatable bonds is 2. The molecule has 10 atom stereocenters. The maximum atomic E-state index is 16.0. The van der Waals surface area contributed by atoms with Gasteiger partial charge in [-0.3, -0.25) is 27.2 Å². The van der Waals surface area contributed by atoms with Crippen molar-refractivity contribution in [3.05, 3.63) is 31.0 Å². The third-order valence-electron chi connectivity index (χ3n) is 7.37. The molecule has 3 N–H and O–H groups in total. The number of nitrogens with two attached hydrogens (primary N) is 1. The zero-order chi connectivity index (χ0) is 31.0. The van der Waals surface area contributed by atoms with Crippen LogP contribution < -0.4 is 5.73 Å². The predicted molar refractivity (Wildman–Crippen MR) is 153 cm³/mol. The van der Waals surface area contributed by atoms with Crippen LogP contribution in [-0.4, -0.2) is 94.0 Å². The SMILES string of the molecule is Cc1ncnc2c1ncn2[C@@H]1O[C@@H]2CO[P@](=O)(S)O[C@H]3[C@@H](F)[C@H](n4cnc5c(N)ncnc54)O[C@@H]3CO[P@@](=O)(S)O[C@H]2[C@H]1O. The molecule has 4 aromatic heterocycles. The molecule has 3 saturated heterocycles. The van der Waals surface area contributed by atoms with Crippen molar-refractivity contribution in [3.8, 4) is 0 Å². The first kappa shape index (κ1) is 30.4. The van der Waals surface area contributed by atoms with E-state index in [2.05, 4.69) is 54.4 Å². The van der Waals surface area contributed by atoms with Crippen molar-refractivity contribution in [3.63, 3.8) is 0 Å². The number of nitrogen functional groups attached to an aromatic ring is 1. The minimum Gasteiger partial charge on any atom is -0.386 e. The Morgan fingerprint density at radius 1 is 0.864 bits per heavy atom. The lowest BCUT2D eigenvalue weighted by Gasteiger charge is -2.28. The standard InChI is InChI=1S/C21H24FN9O9P2S2/c1-8-12-18(26-4-24-8)31(6-28-12)21-14(32)16-10(38-21)3-36-41(33,43)39-15-9(2-35-42(34,44)40-16)37-20(11(15)22)30-7-29-13-17(23)25-5-27-19(13)30/h4-7,9-11,14-16,20-21,32H,2-3H2,1H3,(H,33,43)(H,34,44)(H2,23,25,27)/t9-,10-,11-,14-,15-,16-,20-,21-,41+,42-/m1/s1. The van der Waals surface area contributed by atoms with Crippen LogP contribution in [0.25, 0.3) is 22.3 Å². The van der Waals surface area contributed by atoms with Crippen LogP contribution in [0.4, 0.5) is 10.2 Å². The summed E-state index contributed by atoms with van der Waals surface area (Å²) in [5, 5.41) is 11.3. The number of imidazole rings is 2. The van der Waals surface area contributed by atoms with Crippen molar-refractivity contribution < 1.29 is 46.2 Å². The van der Waals surface area contributed by atoms with Crippen LogP contribution in [0.3, 0.4) is 0 Å². The van der Waals surface area contributed by atoms with Gasteiger partial charge >= 0.3 is 13.6 Å². The summed E-state index contributed by atoms with van der Waals surface area (Å²) in [5.41, 5.74) is 7.62. The number of fused-ring (bicyclic) bond motifs is 4. The first-order valence-electron chi connectivity index (χ1n) is 12.9. The normalized spacial score (nSPS) is 38.3. The van der Waals surface area contributed by atoms with E-state index in [1.807, 2.05) is 0 Å². The number of aromatic nitrogens is 8. The quantitative estimate of drug-likeness (QED) is 0.174. The highest BCUT2D eigenvalue weighted by atomic mass is 32.7. The largest absolute Gasteiger partial charge is 0.386 e. The Morgan fingerprint density at radius 3 is 2.11 bits per heavy atom. The summed E-state index contributed by atoms with van der Waals surface area (Å²) in [6.45, 7) is -8.02. The van der Waals surface area contributed by atoms with Crippen LogP contribution in [0.1, 0.15) is 18.1 Å². The summed E-state index contributed by atoms with van der Waals surface area (Å²) in [6, 6.07) is 0. The van der Waals surface area contributed by atoms with E-state index >= 15 is 4.39 Å². The molecule has 3 fully saturated rings. The Kier molecular flexibility index (Phi) is 7.73. The minimum absolute atomic E-state index is 0.0662. The van der Waals surface area contributed by atoms with Gasteiger partial charge in [0, 0.05) is 0 Å². The third-order valence-corrected chi connectivity index (χ3v) is 10.6. The number of hydrogen-bond donors (Lipinski definition) is 4. The Labute approximate surface area is 257 Å². The topological polar surface area (TPSA) is 223 Å². The zero-order valence-corrected chi connectivity index (χ0v) is 26.0. The smallest absolute Gasteiger partial charge is 0.386 e. The molecule has 0 unspecified atom stereocenters. The van der Waals surface area contributed by atoms with E-state index in [9.17, 15) is 14.2 Å². The van der Waals surface area contributed by atoms with Crippen LogP contribution in [0, 0.1) is 6.92 Å². The second-order valence-corrected chi connectivity index (χ2v) is 15.9. The number of ether oxygens (including phenoxy) is 2.